The van der Waals surface area contributed by atoms with Gasteiger partial charge in [0, 0.05) is 0 Å². The Balaban J connectivity index is -0.000000163. The normalized spacial score (nSPS) is 12.2. The van der Waals surface area contributed by atoms with Crippen LogP contribution in [0.4, 0.5) is 0 Å². The van der Waals surface area contributed by atoms with Gasteiger partial charge in [0.15, 0.2) is 0 Å². The van der Waals surface area contributed by atoms with E-state index in [0.29, 0.717) is 18.4 Å². The van der Waals surface area contributed by atoms with Crippen molar-refractivity contribution in [1.82, 2.24) is 0 Å². The first kappa shape index (κ1) is 17.4. The molecule has 0 unspecified atom stereocenters. The Bertz CT molecular complexity index is 124. The van der Waals surface area contributed by atoms with Crippen LogP contribution in [0.3, 0.4) is 0 Å². The number of hydrogen-bond donors (Lipinski definition) is 0. The van der Waals surface area contributed by atoms with Gasteiger partial charge in [-0.2, -0.15) is 0 Å². The molecule has 1 rings (SSSR count). The second-order valence-electron chi connectivity index (χ2n) is 1.57. The molecule has 0 saturated carbocycles. The summed E-state index contributed by atoms with van der Waals surface area (Å²) in [4.78, 5) is 0. The van der Waals surface area contributed by atoms with Crippen molar-refractivity contribution in [3.63, 3.8) is 0 Å². The Kier molecular flexibility index (Phi) is 17.9. The van der Waals surface area contributed by atoms with Crippen LogP contribution in [-0.4, -0.2) is 8.11 Å². The number of halogens is 3. The van der Waals surface area contributed by atoms with E-state index in [4.69, 9.17) is 0 Å². The van der Waals surface area contributed by atoms with Crippen LogP contribution in [0.2, 0.25) is 0 Å². The second kappa shape index (κ2) is 10.3. The summed E-state index contributed by atoms with van der Waals surface area (Å²) in [6.07, 6.45) is 7.99. The molecule has 1 aliphatic carbocycles. The molecule has 0 amide bonds. The Hall–Kier alpha value is 1.28. The van der Waals surface area contributed by atoms with Crippen LogP contribution >= 0.6 is 37.2 Å². The van der Waals surface area contributed by atoms with Crippen molar-refractivity contribution < 1.29 is 18.4 Å². The third-order valence-corrected chi connectivity index (χ3v) is 5.32. The molecule has 60 valence electrons. The fraction of sp³-hybridized carbons (Fsp3) is 0.200. The maximum absolute atomic E-state index is 2.28. The molecule has 0 radical (unpaired) electrons. The summed E-state index contributed by atoms with van der Waals surface area (Å²) in [6, 6.07) is 0. The van der Waals surface area contributed by atoms with E-state index in [2.05, 4.69) is 18.2 Å². The van der Waals surface area contributed by atoms with Crippen molar-refractivity contribution in [2.24, 2.45) is 0 Å². The summed E-state index contributed by atoms with van der Waals surface area (Å²) >= 11 is 0.431. The molecule has 0 atom stereocenters. The summed E-state index contributed by atoms with van der Waals surface area (Å²) in [5, 5.41) is 0. The Morgan fingerprint density at radius 3 is 2.10 bits per heavy atom. The summed E-state index contributed by atoms with van der Waals surface area (Å²) in [6.45, 7) is 0. The predicted molar refractivity (Wildman–Crippen MR) is 53.5 cm³/mol. The topological polar surface area (TPSA) is 0 Å². The molecule has 0 nitrogen and oxygen atoms in total. The van der Waals surface area contributed by atoms with Crippen LogP contribution in [0.5, 0.6) is 0 Å². The van der Waals surface area contributed by atoms with E-state index in [-0.39, 0.29) is 37.2 Å². The molecule has 0 heterocycles. The van der Waals surface area contributed by atoms with Crippen molar-refractivity contribution in [3.8, 4) is 0 Å². The molecule has 0 fully saturated rings. The molecule has 10 heavy (non-hydrogen) atoms. The fourth-order valence-electron chi connectivity index (χ4n) is 0.633. The van der Waals surface area contributed by atoms with E-state index in [1.54, 1.807) is 3.88 Å². The summed E-state index contributed by atoms with van der Waals surface area (Å²) in [5.41, 5.74) is 0. The first-order chi connectivity index (χ1) is 3.43. The zero-order valence-corrected chi connectivity index (χ0v) is 11.7. The standard InChI is InChI=1S/C5H5.3ClH.H3Si.Ti/c1-2-4-5-3-1;;;;;/h1-3H,4H2;3*1H;1H3;. The summed E-state index contributed by atoms with van der Waals surface area (Å²) < 4.78 is 1.74. The van der Waals surface area contributed by atoms with Gasteiger partial charge in [0.05, 0.1) is 0 Å². The van der Waals surface area contributed by atoms with E-state index in [0.717, 1.165) is 0 Å². The zero-order valence-electron chi connectivity index (χ0n) is 5.66. The van der Waals surface area contributed by atoms with E-state index in [1.165, 1.54) is 14.5 Å². The molecule has 0 spiro atoms. The zero-order chi connectivity index (χ0) is 5.11. The SMILES string of the molecule is Cl.Cl.Cl.[SiH3][Ti][C]1=CC=CC1. The van der Waals surface area contributed by atoms with Gasteiger partial charge in [0.1, 0.15) is 0 Å². The molecular weight excluding hydrogens is 242 g/mol. The molecule has 5 heteroatoms. The molecule has 0 aromatic rings. The van der Waals surface area contributed by atoms with Crippen LogP contribution in [0.25, 0.3) is 0 Å². The van der Waals surface area contributed by atoms with Gasteiger partial charge >= 0.3 is 55.0 Å². The Labute approximate surface area is 91.7 Å². The third kappa shape index (κ3) is 6.02. The molecule has 0 aliphatic heterocycles. The monoisotopic (exact) mass is 252 g/mol. The summed E-state index contributed by atoms with van der Waals surface area (Å²) in [7, 11) is 1.45. The molecule has 0 bridgehead atoms. The van der Waals surface area contributed by atoms with Gasteiger partial charge in [0.25, 0.3) is 0 Å². The fourth-order valence-corrected chi connectivity index (χ4v) is 3.07. The minimum absolute atomic E-state index is 0. The van der Waals surface area contributed by atoms with Crippen LogP contribution < -0.4 is 0 Å². The van der Waals surface area contributed by atoms with Crippen molar-refractivity contribution in [2.75, 3.05) is 0 Å². The summed E-state index contributed by atoms with van der Waals surface area (Å²) in [5.74, 6) is 0. The average Bonchev–Trinajstić information content (AvgIpc) is 2.14. The number of hydrogen-bond acceptors (Lipinski definition) is 0. The molecular formula is C5H11Cl3SiTi. The third-order valence-electron chi connectivity index (χ3n) is 1.09. The average molecular weight is 253 g/mol. The van der Waals surface area contributed by atoms with E-state index in [9.17, 15) is 0 Å². The van der Waals surface area contributed by atoms with Gasteiger partial charge in [-0.05, 0) is 0 Å². The van der Waals surface area contributed by atoms with E-state index < -0.39 is 0 Å². The van der Waals surface area contributed by atoms with Gasteiger partial charge in [-0.25, -0.2) is 0 Å². The quantitative estimate of drug-likeness (QED) is 0.621. The first-order valence-electron chi connectivity index (χ1n) is 2.47. The Morgan fingerprint density at radius 1 is 1.30 bits per heavy atom. The molecule has 0 saturated heterocycles. The number of rotatable bonds is 1. The van der Waals surface area contributed by atoms with Crippen LogP contribution in [0, 0.1) is 0 Å². The van der Waals surface area contributed by atoms with Crippen molar-refractivity contribution >= 4 is 45.3 Å². The molecule has 1 aliphatic rings. The molecule has 0 N–H and O–H groups in total. The first-order valence-corrected chi connectivity index (χ1v) is 8.93. The number of allylic oxidation sites excluding steroid dienone is 4. The molecule has 0 aromatic carbocycles. The van der Waals surface area contributed by atoms with Crippen molar-refractivity contribution in [1.29, 1.82) is 0 Å². The van der Waals surface area contributed by atoms with Crippen LogP contribution in [0.15, 0.2) is 22.1 Å². The van der Waals surface area contributed by atoms with Gasteiger partial charge in [-0.1, -0.05) is 0 Å². The van der Waals surface area contributed by atoms with Gasteiger partial charge in [-0.3, -0.25) is 0 Å². The van der Waals surface area contributed by atoms with Crippen molar-refractivity contribution in [3.05, 3.63) is 22.1 Å². The van der Waals surface area contributed by atoms with Gasteiger partial charge in [0.2, 0.25) is 0 Å². The van der Waals surface area contributed by atoms with Gasteiger partial charge in [-0.15, -0.1) is 37.2 Å². The minimum atomic E-state index is 0. The van der Waals surface area contributed by atoms with E-state index >= 15 is 0 Å². The maximum atomic E-state index is 2.28. The van der Waals surface area contributed by atoms with Crippen LogP contribution in [0.1, 0.15) is 6.42 Å². The predicted octanol–water partition coefficient (Wildman–Crippen LogP) is 1.46. The van der Waals surface area contributed by atoms with Gasteiger partial charge < -0.3 is 0 Å². The Morgan fingerprint density at radius 2 is 1.90 bits per heavy atom. The molecule has 0 aromatic heterocycles. The van der Waals surface area contributed by atoms with Crippen molar-refractivity contribution in [2.45, 2.75) is 6.42 Å². The van der Waals surface area contributed by atoms with Crippen LogP contribution in [-0.2, 0) is 18.4 Å². The second-order valence-corrected chi connectivity index (χ2v) is 5.42. The van der Waals surface area contributed by atoms with E-state index in [1.807, 2.05) is 0 Å².